The Morgan fingerprint density at radius 1 is 1.44 bits per heavy atom. The van der Waals surface area contributed by atoms with Crippen LogP contribution in [0.25, 0.3) is 0 Å². The van der Waals surface area contributed by atoms with Crippen molar-refractivity contribution in [2.24, 2.45) is 5.92 Å². The van der Waals surface area contributed by atoms with Gasteiger partial charge in [0, 0.05) is 31.2 Å². The van der Waals surface area contributed by atoms with Crippen LogP contribution in [0.3, 0.4) is 0 Å². The van der Waals surface area contributed by atoms with E-state index >= 15 is 0 Å². The van der Waals surface area contributed by atoms with Crippen molar-refractivity contribution < 1.29 is 0 Å². The fourth-order valence-electron chi connectivity index (χ4n) is 2.36. The summed E-state index contributed by atoms with van der Waals surface area (Å²) in [6, 6.07) is 0.665. The lowest BCUT2D eigenvalue weighted by molar-refractivity contribution is 0.0728. The van der Waals surface area contributed by atoms with Gasteiger partial charge < -0.3 is 5.32 Å². The third-order valence-electron chi connectivity index (χ3n) is 3.44. The highest BCUT2D eigenvalue weighted by molar-refractivity contribution is 4.96. The monoisotopic (exact) mass is 224 g/mol. The quantitative estimate of drug-likeness (QED) is 0.739. The number of hydrogen-bond donors (Lipinski definition) is 1. The number of nitrogens with one attached hydrogen (secondary N) is 1. The molecule has 0 saturated carbocycles. The van der Waals surface area contributed by atoms with Crippen LogP contribution in [0.5, 0.6) is 0 Å². The summed E-state index contributed by atoms with van der Waals surface area (Å²) in [6.07, 6.45) is 5.69. The van der Waals surface area contributed by atoms with Crippen LogP contribution in [0.4, 0.5) is 0 Å². The molecular weight excluding hydrogens is 196 g/mol. The Bertz CT molecular complexity index is 231. The predicted octanol–water partition coefficient (Wildman–Crippen LogP) is 2.66. The third kappa shape index (κ3) is 3.91. The van der Waals surface area contributed by atoms with E-state index < -0.39 is 0 Å². The molecule has 1 heterocycles. The van der Waals surface area contributed by atoms with Gasteiger partial charge in [0.15, 0.2) is 0 Å². The summed E-state index contributed by atoms with van der Waals surface area (Å²) in [5.74, 6) is 0.780. The molecule has 1 atom stereocenters. The van der Waals surface area contributed by atoms with Crippen LogP contribution in [0, 0.1) is 5.92 Å². The summed E-state index contributed by atoms with van der Waals surface area (Å²) >= 11 is 0. The van der Waals surface area contributed by atoms with Gasteiger partial charge in [0.2, 0.25) is 0 Å². The van der Waals surface area contributed by atoms with Crippen LogP contribution in [-0.2, 0) is 0 Å². The Balaban J connectivity index is 2.55. The molecule has 1 aliphatic heterocycles. The predicted molar refractivity (Wildman–Crippen MR) is 71.7 cm³/mol. The molecule has 1 saturated heterocycles. The smallest absolute Gasteiger partial charge is 0.0281 e. The lowest BCUT2D eigenvalue weighted by atomic mass is 9.93. The molecule has 1 N–H and O–H groups in total. The normalized spacial score (nSPS) is 26.8. The maximum Gasteiger partial charge on any atom is 0.0281 e. The van der Waals surface area contributed by atoms with Crippen molar-refractivity contribution in [3.05, 3.63) is 12.2 Å². The van der Waals surface area contributed by atoms with Gasteiger partial charge in [-0.1, -0.05) is 26.0 Å². The Kier molecular flexibility index (Phi) is 5.00. The Labute approximate surface area is 101 Å². The fraction of sp³-hybridized carbons (Fsp3) is 0.857. The van der Waals surface area contributed by atoms with Crippen molar-refractivity contribution in [3.8, 4) is 0 Å². The first-order chi connectivity index (χ1) is 7.45. The summed E-state index contributed by atoms with van der Waals surface area (Å²) in [6.45, 7) is 14.7. The number of allylic oxidation sites excluding steroid dienone is 1. The fourth-order valence-corrected chi connectivity index (χ4v) is 2.36. The molecule has 0 aromatic rings. The number of hydrogen-bond acceptors (Lipinski definition) is 2. The first kappa shape index (κ1) is 13.7. The van der Waals surface area contributed by atoms with E-state index in [1.165, 1.54) is 13.0 Å². The van der Waals surface area contributed by atoms with E-state index in [1.54, 1.807) is 0 Å². The van der Waals surface area contributed by atoms with E-state index in [1.807, 2.05) is 0 Å². The molecule has 0 amide bonds. The van der Waals surface area contributed by atoms with E-state index in [0.717, 1.165) is 19.0 Å². The van der Waals surface area contributed by atoms with Crippen LogP contribution in [0.2, 0.25) is 0 Å². The standard InChI is InChI=1S/C14H28N2/c1-6-7-8-16-10-13(9-12(2)3)15-11-14(16,4)5/h6-7,12-13,15H,8-11H2,1-5H3/b7-6+. The highest BCUT2D eigenvalue weighted by Gasteiger charge is 2.32. The number of rotatable bonds is 4. The molecule has 1 unspecified atom stereocenters. The van der Waals surface area contributed by atoms with Crippen molar-refractivity contribution in [2.75, 3.05) is 19.6 Å². The summed E-state index contributed by atoms with van der Waals surface area (Å²) in [7, 11) is 0. The summed E-state index contributed by atoms with van der Waals surface area (Å²) in [5.41, 5.74) is 0.285. The molecule has 0 aliphatic carbocycles. The largest absolute Gasteiger partial charge is 0.311 e. The van der Waals surface area contributed by atoms with Crippen LogP contribution >= 0.6 is 0 Å². The van der Waals surface area contributed by atoms with Crippen LogP contribution in [0.15, 0.2) is 12.2 Å². The summed E-state index contributed by atoms with van der Waals surface area (Å²) in [4.78, 5) is 2.59. The van der Waals surface area contributed by atoms with Crippen molar-refractivity contribution in [2.45, 2.75) is 52.6 Å². The van der Waals surface area contributed by atoms with Crippen molar-refractivity contribution >= 4 is 0 Å². The van der Waals surface area contributed by atoms with E-state index in [2.05, 4.69) is 57.0 Å². The van der Waals surface area contributed by atoms with Gasteiger partial charge in [-0.25, -0.2) is 0 Å². The zero-order valence-corrected chi connectivity index (χ0v) is 11.6. The molecule has 0 radical (unpaired) electrons. The summed E-state index contributed by atoms with van der Waals surface area (Å²) in [5, 5.41) is 3.68. The molecule has 2 heteroatoms. The maximum absolute atomic E-state index is 3.68. The minimum absolute atomic E-state index is 0.285. The molecule has 94 valence electrons. The van der Waals surface area contributed by atoms with Crippen molar-refractivity contribution in [1.29, 1.82) is 0 Å². The second-order valence-corrected chi connectivity index (χ2v) is 5.99. The maximum atomic E-state index is 3.68. The molecule has 2 nitrogen and oxygen atoms in total. The van der Waals surface area contributed by atoms with E-state index in [4.69, 9.17) is 0 Å². The molecule has 1 fully saturated rings. The molecule has 0 bridgehead atoms. The van der Waals surface area contributed by atoms with Gasteiger partial charge in [0.1, 0.15) is 0 Å². The second kappa shape index (κ2) is 5.83. The first-order valence-corrected chi connectivity index (χ1v) is 6.55. The van der Waals surface area contributed by atoms with E-state index in [0.29, 0.717) is 6.04 Å². The van der Waals surface area contributed by atoms with Crippen molar-refractivity contribution in [1.82, 2.24) is 10.2 Å². The SMILES string of the molecule is C/C=C/CN1CC(CC(C)C)NCC1(C)C. The van der Waals surface area contributed by atoms with Gasteiger partial charge in [-0.3, -0.25) is 4.90 Å². The van der Waals surface area contributed by atoms with Crippen molar-refractivity contribution in [3.63, 3.8) is 0 Å². The van der Waals surface area contributed by atoms with Gasteiger partial charge in [0.25, 0.3) is 0 Å². The van der Waals surface area contributed by atoms with Gasteiger partial charge in [-0.15, -0.1) is 0 Å². The molecular formula is C14H28N2. The number of nitrogens with zero attached hydrogens (tertiary/aromatic N) is 1. The zero-order chi connectivity index (χ0) is 12.2. The molecule has 0 aromatic carbocycles. The minimum Gasteiger partial charge on any atom is -0.311 e. The zero-order valence-electron chi connectivity index (χ0n) is 11.6. The molecule has 0 spiro atoms. The number of piperazine rings is 1. The summed E-state index contributed by atoms with van der Waals surface area (Å²) < 4.78 is 0. The van der Waals surface area contributed by atoms with E-state index in [-0.39, 0.29) is 5.54 Å². The second-order valence-electron chi connectivity index (χ2n) is 5.99. The topological polar surface area (TPSA) is 15.3 Å². The van der Waals surface area contributed by atoms with E-state index in [9.17, 15) is 0 Å². The highest BCUT2D eigenvalue weighted by Crippen LogP contribution is 2.20. The van der Waals surface area contributed by atoms with Crippen LogP contribution in [0.1, 0.15) is 41.0 Å². The lowest BCUT2D eigenvalue weighted by Crippen LogP contribution is -2.62. The highest BCUT2D eigenvalue weighted by atomic mass is 15.3. The lowest BCUT2D eigenvalue weighted by Gasteiger charge is -2.46. The first-order valence-electron chi connectivity index (χ1n) is 6.55. The van der Waals surface area contributed by atoms with Gasteiger partial charge >= 0.3 is 0 Å². The van der Waals surface area contributed by atoms with Crippen LogP contribution in [-0.4, -0.2) is 36.1 Å². The van der Waals surface area contributed by atoms with Gasteiger partial charge in [-0.2, -0.15) is 0 Å². The minimum atomic E-state index is 0.285. The third-order valence-corrected chi connectivity index (χ3v) is 3.44. The Hall–Kier alpha value is -0.340. The van der Waals surface area contributed by atoms with Gasteiger partial charge in [0.05, 0.1) is 0 Å². The Morgan fingerprint density at radius 2 is 2.12 bits per heavy atom. The van der Waals surface area contributed by atoms with Gasteiger partial charge in [-0.05, 0) is 33.1 Å². The molecule has 1 aliphatic rings. The average Bonchev–Trinajstić information content (AvgIpc) is 2.18. The molecule has 16 heavy (non-hydrogen) atoms. The molecule has 0 aromatic heterocycles. The Morgan fingerprint density at radius 3 is 2.69 bits per heavy atom. The van der Waals surface area contributed by atoms with Crippen LogP contribution < -0.4 is 5.32 Å². The average molecular weight is 224 g/mol. The molecule has 1 rings (SSSR count).